The molecule has 0 fully saturated rings. The van der Waals surface area contributed by atoms with Crippen LogP contribution in [-0.4, -0.2) is 20.1 Å². The largest absolute Gasteiger partial charge is 2.00 e. The molecule has 0 N–H and O–H groups in total. The van der Waals surface area contributed by atoms with Crippen LogP contribution in [0.15, 0.2) is 71.9 Å². The van der Waals surface area contributed by atoms with Crippen molar-refractivity contribution in [1.29, 1.82) is 0 Å². The summed E-state index contributed by atoms with van der Waals surface area (Å²) in [4.78, 5) is 10.4. The Bertz CT molecular complexity index is 2670. The zero-order valence-corrected chi connectivity index (χ0v) is 38.0. The third-order valence-corrected chi connectivity index (χ3v) is 14.0. The van der Waals surface area contributed by atoms with Crippen LogP contribution >= 0.6 is 11.8 Å². The molecule has 2 aliphatic rings. The molecule has 6 aromatic rings. The quantitative estimate of drug-likeness (QED) is 0.166. The van der Waals surface area contributed by atoms with Crippen molar-refractivity contribution in [2.45, 2.75) is 124 Å². The Hall–Kier alpha value is -3.46. The van der Waals surface area contributed by atoms with E-state index in [0.29, 0.717) is 0 Å². The molecule has 0 bridgehead atoms. The number of benzene rings is 4. The number of nitrogens with zero attached hydrogens (tertiary/aromatic N) is 3. The van der Waals surface area contributed by atoms with Gasteiger partial charge >= 0.3 is 21.1 Å². The Morgan fingerprint density at radius 1 is 0.764 bits per heavy atom. The molecule has 2 atom stereocenters. The zero-order chi connectivity index (χ0) is 40.7. The summed E-state index contributed by atoms with van der Waals surface area (Å²) >= 11 is 1.74. The third-order valence-electron chi connectivity index (χ3n) is 11.9. The zero-order valence-electron chi connectivity index (χ0n) is 36.9. The van der Waals surface area contributed by atoms with Crippen molar-refractivity contribution in [2.24, 2.45) is 10.4 Å². The molecule has 1 aliphatic carbocycles. The summed E-state index contributed by atoms with van der Waals surface area (Å²) in [6.07, 6.45) is 0.238. The molecular weight excluding hydrogens is 870 g/mol. The van der Waals surface area contributed by atoms with Gasteiger partial charge in [0.05, 0.1) is 10.3 Å². The van der Waals surface area contributed by atoms with Gasteiger partial charge in [-0.05, 0) is 113 Å². The average Bonchev–Trinajstić information content (AvgIpc) is 3.65. The van der Waals surface area contributed by atoms with E-state index in [0.717, 1.165) is 66.2 Å². The minimum absolute atomic E-state index is 0. The number of aryl methyl sites for hydroxylation is 4. The van der Waals surface area contributed by atoms with E-state index >= 15 is 0 Å². The van der Waals surface area contributed by atoms with Gasteiger partial charge < -0.3 is 14.5 Å². The Morgan fingerprint density at radius 2 is 1.45 bits per heavy atom. The van der Waals surface area contributed by atoms with E-state index < -0.39 is 16.7 Å². The molecule has 4 aromatic carbocycles. The first-order chi connectivity index (χ1) is 25.9. The van der Waals surface area contributed by atoms with E-state index in [1.807, 2.05) is 13.1 Å². The van der Waals surface area contributed by atoms with Crippen molar-refractivity contribution < 1.29 is 23.8 Å². The number of pyridine rings is 1. The van der Waals surface area contributed by atoms with Gasteiger partial charge in [-0.3, -0.25) is 0 Å². The fourth-order valence-corrected chi connectivity index (χ4v) is 10.5. The van der Waals surface area contributed by atoms with Crippen molar-refractivity contribution in [3.05, 3.63) is 129 Å². The van der Waals surface area contributed by atoms with Crippen LogP contribution in [0.1, 0.15) is 122 Å². The first kappa shape index (κ1) is 37.1. The number of thioether (sulfide) groups is 1. The van der Waals surface area contributed by atoms with Gasteiger partial charge in [0.2, 0.25) is 0 Å². The van der Waals surface area contributed by atoms with Crippen LogP contribution < -0.4 is 0 Å². The van der Waals surface area contributed by atoms with Gasteiger partial charge in [-0.1, -0.05) is 111 Å². The molecule has 8 rings (SSSR count). The van der Waals surface area contributed by atoms with Gasteiger partial charge in [0.15, 0.2) is 0 Å². The fourth-order valence-electron chi connectivity index (χ4n) is 8.84. The Balaban J connectivity index is 0.00000496. The van der Waals surface area contributed by atoms with E-state index in [-0.39, 0.29) is 37.3 Å². The van der Waals surface area contributed by atoms with Crippen molar-refractivity contribution in [1.82, 2.24) is 9.55 Å². The number of rotatable bonds is 3. The summed E-state index contributed by atoms with van der Waals surface area (Å²) < 4.78 is 21.3. The third kappa shape index (κ3) is 6.20. The normalized spacial score (nSPS) is 21.2. The number of fused-ring (bicyclic) bond motifs is 6. The van der Waals surface area contributed by atoms with E-state index in [9.17, 15) is 2.74 Å². The minimum Gasteiger partial charge on any atom is -0.346 e. The molecule has 0 unspecified atom stereocenters. The standard InChI is InChI=1S/C50H55N3S.Pt/c1-29-15-16-43-39(19-29)40-21-32(4)38(42-26-35(17-18-51-42)46(5,6)7)27-44(40)53(43)37-24-33(23-36(25-37)47(8,9)10)45-52-49(14)28-34-20-30(2)31(3)22-41(34)50(49,54-45)48(11,12)13;/h15-23,25-26H,28H2,1-14H3;/q-2;+2/t49-,50-;/m1./s1/i28D2;. The molecule has 0 radical (unpaired) electrons. The summed E-state index contributed by atoms with van der Waals surface area (Å²) in [7, 11) is 0. The molecule has 2 aromatic heterocycles. The molecular formula is C50H55N3PtS. The van der Waals surface area contributed by atoms with Gasteiger partial charge in [0.1, 0.15) is 0 Å². The predicted molar refractivity (Wildman–Crippen MR) is 232 cm³/mol. The molecule has 286 valence electrons. The first-order valence-corrected chi connectivity index (χ1v) is 20.1. The molecule has 0 saturated heterocycles. The number of hydrogen-bond donors (Lipinski definition) is 0. The number of aliphatic imine (C=N–C) groups is 1. The van der Waals surface area contributed by atoms with E-state index in [1.165, 1.54) is 27.6 Å². The average molecular weight is 927 g/mol. The van der Waals surface area contributed by atoms with Crippen LogP contribution in [0.2, 0.25) is 0 Å². The topological polar surface area (TPSA) is 30.2 Å². The molecule has 1 aliphatic heterocycles. The van der Waals surface area contributed by atoms with Crippen molar-refractivity contribution in [2.75, 3.05) is 0 Å². The second kappa shape index (κ2) is 13.0. The van der Waals surface area contributed by atoms with Gasteiger partial charge in [0, 0.05) is 19.5 Å². The molecule has 0 saturated carbocycles. The van der Waals surface area contributed by atoms with Crippen LogP contribution in [0.4, 0.5) is 0 Å². The SMILES string of the molecule is [2H]C1([2H])c2cc(C)c(C)cc2[C@]2(C(C)(C)C)SC(c3[c-]c(-n4c5[c-]c(-c6cc(C(C)(C)C)ccn6)c(C)cc5c5cc(C)ccc54)cc(C(C)(C)C)c3)=N[C@]12C.[Pt+2]. The monoisotopic (exact) mass is 926 g/mol. The molecule has 3 nitrogen and oxygen atoms in total. The molecule has 0 spiro atoms. The van der Waals surface area contributed by atoms with E-state index in [2.05, 4.69) is 167 Å². The van der Waals surface area contributed by atoms with Gasteiger partial charge in [-0.25, -0.2) is 0 Å². The predicted octanol–water partition coefficient (Wildman–Crippen LogP) is 13.0. The van der Waals surface area contributed by atoms with Crippen LogP contribution in [0.3, 0.4) is 0 Å². The summed E-state index contributed by atoms with van der Waals surface area (Å²) in [5.74, 6) is 0. The second-order valence-electron chi connectivity index (χ2n) is 19.2. The molecule has 55 heavy (non-hydrogen) atoms. The van der Waals surface area contributed by atoms with Gasteiger partial charge in [-0.2, -0.15) is 0 Å². The minimum atomic E-state index is -1.68. The first-order valence-electron chi connectivity index (χ1n) is 20.3. The van der Waals surface area contributed by atoms with Gasteiger partial charge in [-0.15, -0.1) is 64.3 Å². The van der Waals surface area contributed by atoms with Crippen molar-refractivity contribution in [3.8, 4) is 16.9 Å². The Kier molecular flexibility index (Phi) is 8.80. The van der Waals surface area contributed by atoms with Crippen molar-refractivity contribution in [3.63, 3.8) is 0 Å². The van der Waals surface area contributed by atoms with E-state index in [1.54, 1.807) is 11.8 Å². The maximum Gasteiger partial charge on any atom is 2.00 e. The summed E-state index contributed by atoms with van der Waals surface area (Å²) in [5, 5.41) is 3.16. The Morgan fingerprint density at radius 3 is 2.13 bits per heavy atom. The van der Waals surface area contributed by atoms with Crippen molar-refractivity contribution >= 4 is 38.6 Å². The molecule has 3 heterocycles. The summed E-state index contributed by atoms with van der Waals surface area (Å²) in [6.45, 7) is 30.8. The number of hydrogen-bond acceptors (Lipinski definition) is 3. The smallest absolute Gasteiger partial charge is 0.346 e. The Labute approximate surface area is 350 Å². The summed E-state index contributed by atoms with van der Waals surface area (Å²) in [5.41, 5.74) is 13.1. The van der Waals surface area contributed by atoms with Gasteiger partial charge in [0.25, 0.3) is 0 Å². The van der Waals surface area contributed by atoms with Crippen LogP contribution in [0.25, 0.3) is 38.8 Å². The maximum absolute atomic E-state index is 9.79. The molecule has 5 heteroatoms. The van der Waals surface area contributed by atoms with Crippen LogP contribution in [-0.2, 0) is 43.0 Å². The molecule has 0 amide bonds. The maximum atomic E-state index is 9.79. The summed E-state index contributed by atoms with van der Waals surface area (Å²) in [6, 6.07) is 30.0. The second-order valence-corrected chi connectivity index (χ2v) is 20.4. The van der Waals surface area contributed by atoms with E-state index in [4.69, 9.17) is 9.98 Å². The van der Waals surface area contributed by atoms with Crippen LogP contribution in [0, 0.1) is 45.2 Å². The van der Waals surface area contributed by atoms with Crippen LogP contribution in [0.5, 0.6) is 0 Å². The fraction of sp³-hybridized carbons (Fsp3) is 0.400. The number of aromatic nitrogens is 2.